The molecule has 3 aromatic rings. The van der Waals surface area contributed by atoms with Crippen LogP contribution in [-0.2, 0) is 0 Å². The van der Waals surface area contributed by atoms with Gasteiger partial charge in [0.1, 0.15) is 11.3 Å². The van der Waals surface area contributed by atoms with Crippen molar-refractivity contribution in [2.75, 3.05) is 13.7 Å². The molecule has 1 N–H and O–H groups in total. The fourth-order valence-electron chi connectivity index (χ4n) is 3.16. The SMILES string of the molecule is COc1c(C(=O)NCC2CC2)c(=O)n(-c2cccc(P)c2)c2ncccc12. The fourth-order valence-corrected chi connectivity index (χ4v) is 3.44. The average Bonchev–Trinajstić information content (AvgIpc) is 3.49. The molecule has 0 aliphatic heterocycles. The minimum Gasteiger partial charge on any atom is -0.495 e. The third-order valence-electron chi connectivity index (χ3n) is 4.69. The highest BCUT2D eigenvalue weighted by Gasteiger charge is 2.27. The number of rotatable bonds is 5. The standard InChI is InChI=1S/C20H20N3O3P/c1-26-17-15-6-3-9-21-18(15)23(13-4-2-5-14(27)10-13)20(25)16(17)19(24)22-11-12-7-8-12/h2-6,9-10,12H,7-8,11,27H2,1H3,(H,22,24). The number of nitrogens with one attached hydrogen (secondary N) is 1. The van der Waals surface area contributed by atoms with E-state index in [4.69, 9.17) is 4.74 Å². The summed E-state index contributed by atoms with van der Waals surface area (Å²) in [5.41, 5.74) is 0.665. The molecule has 138 valence electrons. The Bertz CT molecular complexity index is 1090. The molecule has 0 radical (unpaired) electrons. The summed E-state index contributed by atoms with van der Waals surface area (Å²) < 4.78 is 6.95. The van der Waals surface area contributed by atoms with E-state index in [1.807, 2.05) is 24.3 Å². The van der Waals surface area contributed by atoms with Gasteiger partial charge < -0.3 is 10.1 Å². The molecular weight excluding hydrogens is 361 g/mol. The van der Waals surface area contributed by atoms with Gasteiger partial charge in [-0.2, -0.15) is 0 Å². The van der Waals surface area contributed by atoms with Gasteiger partial charge in [0.25, 0.3) is 11.5 Å². The lowest BCUT2D eigenvalue weighted by Gasteiger charge is -2.16. The summed E-state index contributed by atoms with van der Waals surface area (Å²) >= 11 is 0. The molecule has 6 nitrogen and oxygen atoms in total. The topological polar surface area (TPSA) is 73.2 Å². The van der Waals surface area contributed by atoms with Gasteiger partial charge in [0, 0.05) is 12.7 Å². The zero-order valence-electron chi connectivity index (χ0n) is 14.9. The van der Waals surface area contributed by atoms with Crippen LogP contribution in [0.4, 0.5) is 0 Å². The number of carbonyl (C=O) groups excluding carboxylic acids is 1. The zero-order chi connectivity index (χ0) is 19.0. The van der Waals surface area contributed by atoms with Gasteiger partial charge >= 0.3 is 0 Å². The molecule has 1 atom stereocenters. The lowest BCUT2D eigenvalue weighted by atomic mass is 10.1. The summed E-state index contributed by atoms with van der Waals surface area (Å²) in [7, 11) is 4.08. The number of carbonyl (C=O) groups is 1. The molecule has 0 bridgehead atoms. The first kappa shape index (κ1) is 17.7. The van der Waals surface area contributed by atoms with E-state index in [0.717, 1.165) is 18.1 Å². The van der Waals surface area contributed by atoms with E-state index in [1.54, 1.807) is 18.3 Å². The van der Waals surface area contributed by atoms with E-state index in [-0.39, 0.29) is 11.3 Å². The van der Waals surface area contributed by atoms with E-state index in [2.05, 4.69) is 19.5 Å². The Labute approximate surface area is 158 Å². The zero-order valence-corrected chi connectivity index (χ0v) is 16.1. The van der Waals surface area contributed by atoms with E-state index in [9.17, 15) is 9.59 Å². The molecule has 7 heteroatoms. The molecular formula is C20H20N3O3P. The summed E-state index contributed by atoms with van der Waals surface area (Å²) in [5.74, 6) is 0.359. The molecule has 1 fully saturated rings. The van der Waals surface area contributed by atoms with Gasteiger partial charge in [-0.05, 0) is 48.3 Å². The van der Waals surface area contributed by atoms with Crippen LogP contribution >= 0.6 is 9.24 Å². The van der Waals surface area contributed by atoms with E-state index >= 15 is 0 Å². The number of methoxy groups -OCH3 is 1. The molecule has 2 aromatic heterocycles. The first-order valence-electron chi connectivity index (χ1n) is 8.82. The van der Waals surface area contributed by atoms with Crippen molar-refractivity contribution < 1.29 is 9.53 Å². The highest BCUT2D eigenvalue weighted by atomic mass is 31.0. The molecule has 1 unspecified atom stereocenters. The maximum atomic E-state index is 13.4. The predicted octanol–water partition coefficient (Wildman–Crippen LogP) is 2.03. The number of amides is 1. The van der Waals surface area contributed by atoms with Crippen molar-refractivity contribution in [3.8, 4) is 11.4 Å². The van der Waals surface area contributed by atoms with Crippen LogP contribution in [0.5, 0.6) is 5.75 Å². The molecule has 0 saturated heterocycles. The number of hydrogen-bond donors (Lipinski definition) is 1. The number of hydrogen-bond acceptors (Lipinski definition) is 4. The molecule has 2 heterocycles. The minimum absolute atomic E-state index is 0.00723. The van der Waals surface area contributed by atoms with Crippen molar-refractivity contribution in [1.29, 1.82) is 0 Å². The van der Waals surface area contributed by atoms with Gasteiger partial charge in [-0.15, -0.1) is 9.24 Å². The Kier molecular flexibility index (Phi) is 4.66. The molecule has 4 rings (SSSR count). The first-order chi connectivity index (χ1) is 13.1. The summed E-state index contributed by atoms with van der Waals surface area (Å²) in [4.78, 5) is 30.6. The van der Waals surface area contributed by atoms with Crippen LogP contribution in [0.25, 0.3) is 16.7 Å². The molecule has 0 spiro atoms. The van der Waals surface area contributed by atoms with Gasteiger partial charge in [0.2, 0.25) is 0 Å². The van der Waals surface area contributed by atoms with E-state index < -0.39 is 11.5 Å². The fraction of sp³-hybridized carbons (Fsp3) is 0.250. The van der Waals surface area contributed by atoms with Crippen molar-refractivity contribution >= 4 is 31.5 Å². The Morgan fingerprint density at radius 3 is 2.85 bits per heavy atom. The van der Waals surface area contributed by atoms with Crippen LogP contribution < -0.4 is 20.9 Å². The normalized spacial score (nSPS) is 13.6. The predicted molar refractivity (Wildman–Crippen MR) is 108 cm³/mol. The lowest BCUT2D eigenvalue weighted by molar-refractivity contribution is 0.0947. The smallest absolute Gasteiger partial charge is 0.273 e. The quantitative estimate of drug-likeness (QED) is 0.687. The van der Waals surface area contributed by atoms with Crippen LogP contribution in [0.1, 0.15) is 23.2 Å². The second-order valence-corrected chi connectivity index (χ2v) is 7.34. The minimum atomic E-state index is -0.443. The van der Waals surface area contributed by atoms with E-state index in [0.29, 0.717) is 29.2 Å². The molecule has 1 aliphatic carbocycles. The largest absolute Gasteiger partial charge is 0.495 e. The van der Waals surface area contributed by atoms with Crippen LogP contribution in [0.2, 0.25) is 0 Å². The second-order valence-electron chi connectivity index (χ2n) is 6.67. The number of aromatic nitrogens is 2. The van der Waals surface area contributed by atoms with Gasteiger partial charge in [-0.3, -0.25) is 14.2 Å². The Morgan fingerprint density at radius 2 is 2.15 bits per heavy atom. The van der Waals surface area contributed by atoms with Crippen LogP contribution in [-0.4, -0.2) is 29.1 Å². The van der Waals surface area contributed by atoms with Gasteiger partial charge in [-0.1, -0.05) is 12.1 Å². The Hall–Kier alpha value is -2.72. The number of ether oxygens (including phenoxy) is 1. The monoisotopic (exact) mass is 381 g/mol. The maximum absolute atomic E-state index is 13.4. The molecule has 1 aromatic carbocycles. The third-order valence-corrected chi connectivity index (χ3v) is 5.05. The summed E-state index contributed by atoms with van der Waals surface area (Å²) in [6.07, 6.45) is 3.85. The first-order valence-corrected chi connectivity index (χ1v) is 9.39. The van der Waals surface area contributed by atoms with Crippen LogP contribution in [0.3, 0.4) is 0 Å². The van der Waals surface area contributed by atoms with Gasteiger partial charge in [0.15, 0.2) is 5.65 Å². The second kappa shape index (κ2) is 7.12. The van der Waals surface area contributed by atoms with Gasteiger partial charge in [0.05, 0.1) is 18.2 Å². The van der Waals surface area contributed by atoms with Crippen molar-refractivity contribution in [2.45, 2.75) is 12.8 Å². The van der Waals surface area contributed by atoms with Crippen LogP contribution in [0, 0.1) is 5.92 Å². The van der Waals surface area contributed by atoms with E-state index in [1.165, 1.54) is 11.7 Å². The molecule has 1 amide bonds. The number of nitrogens with zero attached hydrogens (tertiary/aromatic N) is 2. The van der Waals surface area contributed by atoms with Crippen molar-refractivity contribution in [3.05, 3.63) is 58.5 Å². The third kappa shape index (κ3) is 3.33. The summed E-state index contributed by atoms with van der Waals surface area (Å²) in [6, 6.07) is 11.0. The van der Waals surface area contributed by atoms with Crippen LogP contribution in [0.15, 0.2) is 47.4 Å². The average molecular weight is 381 g/mol. The highest BCUT2D eigenvalue weighted by Crippen LogP contribution is 2.29. The van der Waals surface area contributed by atoms with Crippen molar-refractivity contribution in [3.63, 3.8) is 0 Å². The number of pyridine rings is 2. The highest BCUT2D eigenvalue weighted by molar-refractivity contribution is 7.27. The van der Waals surface area contributed by atoms with Crippen molar-refractivity contribution in [2.24, 2.45) is 5.92 Å². The Morgan fingerprint density at radius 1 is 1.33 bits per heavy atom. The molecule has 27 heavy (non-hydrogen) atoms. The van der Waals surface area contributed by atoms with Gasteiger partial charge in [-0.25, -0.2) is 4.98 Å². The number of benzene rings is 1. The molecule has 1 saturated carbocycles. The summed E-state index contributed by atoms with van der Waals surface area (Å²) in [6.45, 7) is 0.577. The number of fused-ring (bicyclic) bond motifs is 1. The Balaban J connectivity index is 1.97. The molecule has 1 aliphatic rings. The maximum Gasteiger partial charge on any atom is 0.273 e. The summed E-state index contributed by atoms with van der Waals surface area (Å²) in [5, 5.41) is 4.42. The van der Waals surface area contributed by atoms with Crippen molar-refractivity contribution in [1.82, 2.24) is 14.9 Å². The lowest BCUT2D eigenvalue weighted by Crippen LogP contribution is -2.34.